The van der Waals surface area contributed by atoms with E-state index in [-0.39, 0.29) is 51.5 Å². The quantitative estimate of drug-likeness (QED) is 0.218. The lowest BCUT2D eigenvalue weighted by Crippen LogP contribution is -2.67. The molecule has 61 heavy (non-hydrogen) atoms. The summed E-state index contributed by atoms with van der Waals surface area (Å²) < 4.78 is 44.5. The summed E-state index contributed by atoms with van der Waals surface area (Å²) in [4.78, 5) is 77.8. The first-order valence-electron chi connectivity index (χ1n) is 20.9. The Kier molecular flexibility index (Phi) is 9.23. The van der Waals surface area contributed by atoms with Crippen molar-refractivity contribution in [1.29, 1.82) is 0 Å². The van der Waals surface area contributed by atoms with E-state index in [4.69, 9.17) is 0 Å². The monoisotopic (exact) mass is 852 g/mol. The van der Waals surface area contributed by atoms with Crippen molar-refractivity contribution < 1.29 is 37.1 Å². The topological polar surface area (TPSA) is 204 Å². The fourth-order valence-corrected chi connectivity index (χ4v) is 12.4. The third kappa shape index (κ3) is 6.61. The Balaban J connectivity index is 0.732. The van der Waals surface area contributed by atoms with Crippen molar-refractivity contribution in [3.63, 3.8) is 0 Å². The number of aliphatic hydroxyl groups is 1. The van der Waals surface area contributed by atoms with Crippen molar-refractivity contribution in [2.24, 2.45) is 5.41 Å². The maximum Gasteiger partial charge on any atom is 0.262 e. The fraction of sp³-hybridized carbons (Fsp3) is 0.465. The Labute approximate surface area is 350 Å². The molecule has 6 heterocycles. The molecule has 2 saturated carbocycles. The predicted molar refractivity (Wildman–Crippen MR) is 220 cm³/mol. The van der Waals surface area contributed by atoms with Gasteiger partial charge in [-0.15, -0.1) is 0 Å². The van der Waals surface area contributed by atoms with Crippen molar-refractivity contribution >= 4 is 61.8 Å². The van der Waals surface area contributed by atoms with E-state index in [2.05, 4.69) is 25.5 Å². The van der Waals surface area contributed by atoms with Crippen LogP contribution in [0.25, 0.3) is 11.0 Å². The van der Waals surface area contributed by atoms with Crippen LogP contribution in [0.5, 0.6) is 0 Å². The van der Waals surface area contributed by atoms with Gasteiger partial charge in [-0.25, -0.2) is 17.8 Å². The molecule has 3 atom stereocenters. The van der Waals surface area contributed by atoms with Crippen molar-refractivity contribution in [3.8, 4) is 0 Å². The molecule has 6 aliphatic rings. The first-order chi connectivity index (χ1) is 29.1. The number of carbonyl (C=O) groups is 4. The van der Waals surface area contributed by atoms with E-state index in [0.29, 0.717) is 74.6 Å². The van der Waals surface area contributed by atoms with Crippen LogP contribution in [-0.2, 0) is 19.4 Å². The van der Waals surface area contributed by atoms with E-state index in [1.54, 1.807) is 48.0 Å². The van der Waals surface area contributed by atoms with Gasteiger partial charge in [0.2, 0.25) is 17.8 Å². The van der Waals surface area contributed by atoms with Gasteiger partial charge in [0.1, 0.15) is 17.5 Å². The van der Waals surface area contributed by atoms with Crippen LogP contribution >= 0.6 is 0 Å². The molecule has 4 aliphatic heterocycles. The van der Waals surface area contributed by atoms with Gasteiger partial charge in [-0.3, -0.25) is 38.8 Å². The Morgan fingerprint density at radius 3 is 2.30 bits per heavy atom. The number of amides is 4. The molecule has 10 rings (SSSR count). The highest BCUT2D eigenvalue weighted by atomic mass is 32.2. The lowest BCUT2D eigenvalue weighted by Gasteiger charge is -2.62. The SMILES string of the molecule is C[C@@]1(O)CCC[C@H]1n1c(=O)ccc2cnc(Nc3ccc(S(=O)(=O)C4CCN(C5CC6(C5)CN(c5cc7c(cc5F)C(=O)N(C5CCC(=O)NC5=O)C7=O)C6)CC4)cc3)nc21. The van der Waals surface area contributed by atoms with Crippen molar-refractivity contribution in [2.75, 3.05) is 36.4 Å². The van der Waals surface area contributed by atoms with Gasteiger partial charge in [-0.2, -0.15) is 4.98 Å². The molecule has 2 aromatic heterocycles. The normalized spacial score (nSPS) is 25.8. The summed E-state index contributed by atoms with van der Waals surface area (Å²) in [5.41, 5.74) is -0.106. The highest BCUT2D eigenvalue weighted by molar-refractivity contribution is 7.92. The summed E-state index contributed by atoms with van der Waals surface area (Å²) in [6.45, 7) is 4.21. The Morgan fingerprint density at radius 2 is 1.62 bits per heavy atom. The number of nitrogens with zero attached hydrogens (tertiary/aromatic N) is 6. The zero-order valence-electron chi connectivity index (χ0n) is 33.5. The summed E-state index contributed by atoms with van der Waals surface area (Å²) in [5, 5.41) is 16.4. The number of anilines is 3. The third-order valence-corrected chi connectivity index (χ3v) is 16.2. The van der Waals surface area contributed by atoms with Crippen LogP contribution in [0.15, 0.2) is 64.4 Å². The first-order valence-corrected chi connectivity index (χ1v) is 22.4. The summed E-state index contributed by atoms with van der Waals surface area (Å²) >= 11 is 0. The number of benzene rings is 2. The molecule has 3 N–H and O–H groups in total. The molecule has 3 saturated heterocycles. The van der Waals surface area contributed by atoms with Gasteiger partial charge in [0.05, 0.1) is 38.6 Å². The predicted octanol–water partition coefficient (Wildman–Crippen LogP) is 3.46. The Morgan fingerprint density at radius 1 is 0.918 bits per heavy atom. The molecular formula is C43H45FN8O8S. The summed E-state index contributed by atoms with van der Waals surface area (Å²) in [5.74, 6) is -2.99. The highest BCUT2D eigenvalue weighted by Crippen LogP contribution is 2.52. The van der Waals surface area contributed by atoms with Gasteiger partial charge < -0.3 is 20.2 Å². The number of aromatic nitrogens is 3. The minimum absolute atomic E-state index is 0.00230. The maximum absolute atomic E-state index is 15.4. The van der Waals surface area contributed by atoms with Crippen LogP contribution in [0.4, 0.5) is 21.7 Å². The zero-order chi connectivity index (χ0) is 42.6. The summed E-state index contributed by atoms with van der Waals surface area (Å²) in [6, 6.07) is 10.9. The number of hydrogen-bond donors (Lipinski definition) is 3. The molecule has 2 aromatic carbocycles. The molecular weight excluding hydrogens is 808 g/mol. The number of pyridine rings is 1. The summed E-state index contributed by atoms with van der Waals surface area (Å²) in [6.07, 6.45) is 6.47. The molecule has 0 bridgehead atoms. The number of sulfone groups is 1. The van der Waals surface area contributed by atoms with Gasteiger partial charge in [0, 0.05) is 54.3 Å². The minimum atomic E-state index is -3.61. The van der Waals surface area contributed by atoms with Crippen molar-refractivity contribution in [1.82, 2.24) is 29.7 Å². The highest BCUT2D eigenvalue weighted by Gasteiger charge is 2.55. The van der Waals surface area contributed by atoms with E-state index in [9.17, 15) is 37.5 Å². The van der Waals surface area contributed by atoms with Gasteiger partial charge in [0.15, 0.2) is 9.84 Å². The average molecular weight is 853 g/mol. The number of hydrogen-bond acceptors (Lipinski definition) is 13. The van der Waals surface area contributed by atoms with E-state index in [1.165, 1.54) is 12.1 Å². The third-order valence-electron chi connectivity index (χ3n) is 14.0. The number of likely N-dealkylation sites (tertiary alicyclic amines) is 1. The van der Waals surface area contributed by atoms with Crippen LogP contribution in [0, 0.1) is 11.2 Å². The van der Waals surface area contributed by atoms with E-state index >= 15 is 4.39 Å². The molecule has 5 fully saturated rings. The van der Waals surface area contributed by atoms with Gasteiger partial charge >= 0.3 is 0 Å². The molecule has 0 radical (unpaired) electrons. The molecule has 16 nitrogen and oxygen atoms in total. The van der Waals surface area contributed by atoms with Crippen LogP contribution < -0.4 is 21.1 Å². The van der Waals surface area contributed by atoms with Gasteiger partial charge in [0.25, 0.3) is 17.4 Å². The second-order valence-corrected chi connectivity index (χ2v) is 20.2. The van der Waals surface area contributed by atoms with Gasteiger partial charge in [-0.05, 0) is 114 Å². The van der Waals surface area contributed by atoms with Crippen LogP contribution in [0.1, 0.15) is 91.5 Å². The molecule has 2 aliphatic carbocycles. The molecule has 1 unspecified atom stereocenters. The maximum atomic E-state index is 15.4. The molecule has 318 valence electrons. The number of imide groups is 2. The minimum Gasteiger partial charge on any atom is -0.388 e. The van der Waals surface area contributed by atoms with E-state index in [1.807, 2.05) is 4.90 Å². The fourth-order valence-electron chi connectivity index (χ4n) is 10.7. The molecule has 1 spiro atoms. The van der Waals surface area contributed by atoms with E-state index < -0.39 is 62.2 Å². The van der Waals surface area contributed by atoms with Crippen LogP contribution in [-0.4, -0.2) is 111 Å². The largest absolute Gasteiger partial charge is 0.388 e. The molecule has 18 heteroatoms. The zero-order valence-corrected chi connectivity index (χ0v) is 34.3. The van der Waals surface area contributed by atoms with Crippen molar-refractivity contribution in [2.45, 2.75) is 98.6 Å². The smallest absolute Gasteiger partial charge is 0.262 e. The Hall–Kier alpha value is -5.59. The lowest BCUT2D eigenvalue weighted by molar-refractivity contribution is -0.136. The molecule has 4 aromatic rings. The van der Waals surface area contributed by atoms with Crippen molar-refractivity contribution in [3.05, 3.63) is 82.0 Å². The number of piperidine rings is 2. The second-order valence-electron chi connectivity index (χ2n) is 17.9. The van der Waals surface area contributed by atoms with Crippen LogP contribution in [0.3, 0.4) is 0 Å². The second kappa shape index (κ2) is 14.2. The lowest BCUT2D eigenvalue weighted by atomic mass is 9.60. The number of fused-ring (bicyclic) bond motifs is 2. The number of rotatable bonds is 8. The molecule has 4 amide bonds. The Bertz CT molecular complexity index is 2700. The summed E-state index contributed by atoms with van der Waals surface area (Å²) in [7, 11) is -3.61. The first kappa shape index (κ1) is 39.5. The van der Waals surface area contributed by atoms with E-state index in [0.717, 1.165) is 30.2 Å². The number of halogens is 1. The number of carbonyl (C=O) groups excluding carboxylic acids is 4. The number of nitrogens with one attached hydrogen (secondary N) is 2. The van der Waals surface area contributed by atoms with Crippen LogP contribution in [0.2, 0.25) is 0 Å². The standard InChI is InChI=1S/C43H45FN8O8S/c1-42(58)14-2-3-34(42)52-36(54)11-4-24-21-45-41(48-37(24)52)46-25-5-7-27(8-6-25)61(59,60)28-12-15-49(16-13-28)26-19-43(20-26)22-50(23-43)33-18-30-29(17-31(33)44)39(56)51(40(30)57)32-9-10-35(53)47-38(32)55/h4-8,11,17-18,21,26,28,32,34,58H,2-3,9-10,12-16,19-20,22-23H2,1H3,(H,45,46,48)(H,47,53,55)/t32?,34-,42-/m1/s1. The average Bonchev–Trinajstić information content (AvgIpc) is 3.67. The van der Waals surface area contributed by atoms with Gasteiger partial charge in [-0.1, -0.05) is 0 Å².